The molecule has 2 saturated heterocycles. The largest absolute Gasteiger partial charge is 0.396 e. The topological polar surface area (TPSA) is 54.2 Å². The SMILES string of the molecule is Cc1ccnc(NC2CCN3CCCC3C2)c1N. The van der Waals surface area contributed by atoms with Crippen molar-refractivity contribution in [2.24, 2.45) is 0 Å². The van der Waals surface area contributed by atoms with E-state index in [2.05, 4.69) is 15.2 Å². The van der Waals surface area contributed by atoms with Gasteiger partial charge in [0.05, 0.1) is 5.69 Å². The molecule has 3 heterocycles. The number of nitrogens with zero attached hydrogens (tertiary/aromatic N) is 2. The molecule has 98 valence electrons. The molecule has 4 heteroatoms. The maximum atomic E-state index is 6.07. The molecular weight excluding hydrogens is 224 g/mol. The summed E-state index contributed by atoms with van der Waals surface area (Å²) in [6.07, 6.45) is 6.98. The van der Waals surface area contributed by atoms with Crippen LogP contribution >= 0.6 is 0 Å². The number of hydrogen-bond acceptors (Lipinski definition) is 4. The van der Waals surface area contributed by atoms with Gasteiger partial charge in [0, 0.05) is 24.8 Å². The van der Waals surface area contributed by atoms with Crippen LogP contribution in [0.4, 0.5) is 11.5 Å². The van der Waals surface area contributed by atoms with Gasteiger partial charge in [0.2, 0.25) is 0 Å². The van der Waals surface area contributed by atoms with Crippen LogP contribution in [0.15, 0.2) is 12.3 Å². The number of aryl methyl sites for hydroxylation is 1. The Hall–Kier alpha value is -1.29. The number of nitrogen functional groups attached to an aromatic ring is 1. The number of nitrogens with two attached hydrogens (primary N) is 1. The summed E-state index contributed by atoms with van der Waals surface area (Å²) in [4.78, 5) is 7.00. The van der Waals surface area contributed by atoms with Gasteiger partial charge in [-0.2, -0.15) is 0 Å². The van der Waals surface area contributed by atoms with E-state index in [0.29, 0.717) is 6.04 Å². The highest BCUT2D eigenvalue weighted by molar-refractivity contribution is 5.65. The van der Waals surface area contributed by atoms with Crippen LogP contribution in [-0.4, -0.2) is 35.1 Å². The van der Waals surface area contributed by atoms with Gasteiger partial charge in [-0.3, -0.25) is 0 Å². The number of nitrogens with one attached hydrogen (secondary N) is 1. The molecule has 0 aromatic carbocycles. The van der Waals surface area contributed by atoms with E-state index in [1.54, 1.807) is 0 Å². The lowest BCUT2D eigenvalue weighted by molar-refractivity contribution is 0.188. The van der Waals surface area contributed by atoms with Crippen LogP contribution in [0.5, 0.6) is 0 Å². The zero-order valence-electron chi connectivity index (χ0n) is 11.0. The molecule has 2 atom stereocenters. The van der Waals surface area contributed by atoms with Crippen LogP contribution in [-0.2, 0) is 0 Å². The van der Waals surface area contributed by atoms with Crippen molar-refractivity contribution in [3.05, 3.63) is 17.8 Å². The van der Waals surface area contributed by atoms with Crippen molar-refractivity contribution in [2.75, 3.05) is 24.1 Å². The summed E-state index contributed by atoms with van der Waals surface area (Å²) in [5.41, 5.74) is 7.97. The number of fused-ring (bicyclic) bond motifs is 1. The van der Waals surface area contributed by atoms with E-state index in [1.807, 2.05) is 19.2 Å². The summed E-state index contributed by atoms with van der Waals surface area (Å²) < 4.78 is 0. The van der Waals surface area contributed by atoms with Gasteiger partial charge in [-0.1, -0.05) is 0 Å². The van der Waals surface area contributed by atoms with E-state index in [4.69, 9.17) is 5.73 Å². The first-order valence-electron chi connectivity index (χ1n) is 6.95. The van der Waals surface area contributed by atoms with Crippen LogP contribution in [0.25, 0.3) is 0 Å². The summed E-state index contributed by atoms with van der Waals surface area (Å²) >= 11 is 0. The van der Waals surface area contributed by atoms with Crippen molar-refractivity contribution >= 4 is 11.5 Å². The van der Waals surface area contributed by atoms with E-state index in [0.717, 1.165) is 23.1 Å². The van der Waals surface area contributed by atoms with Crippen molar-refractivity contribution in [3.63, 3.8) is 0 Å². The van der Waals surface area contributed by atoms with Crippen LogP contribution < -0.4 is 11.1 Å². The quantitative estimate of drug-likeness (QED) is 0.838. The molecule has 0 aliphatic carbocycles. The normalized spacial score (nSPS) is 28.1. The molecule has 3 rings (SSSR count). The molecule has 1 aromatic heterocycles. The number of pyridine rings is 1. The van der Waals surface area contributed by atoms with E-state index in [-0.39, 0.29) is 0 Å². The van der Waals surface area contributed by atoms with Crippen molar-refractivity contribution in [1.82, 2.24) is 9.88 Å². The van der Waals surface area contributed by atoms with Gasteiger partial charge in [-0.15, -0.1) is 0 Å². The zero-order valence-corrected chi connectivity index (χ0v) is 11.0. The molecule has 0 bridgehead atoms. The van der Waals surface area contributed by atoms with Gasteiger partial charge in [-0.05, 0) is 50.8 Å². The van der Waals surface area contributed by atoms with Crippen molar-refractivity contribution in [3.8, 4) is 0 Å². The second kappa shape index (κ2) is 4.76. The summed E-state index contributed by atoms with van der Waals surface area (Å²) in [5.74, 6) is 0.867. The number of aromatic nitrogens is 1. The van der Waals surface area contributed by atoms with Gasteiger partial charge in [-0.25, -0.2) is 4.98 Å². The fraction of sp³-hybridized carbons (Fsp3) is 0.643. The maximum Gasteiger partial charge on any atom is 0.149 e. The third-order valence-electron chi connectivity index (χ3n) is 4.37. The minimum atomic E-state index is 0.529. The highest BCUT2D eigenvalue weighted by Gasteiger charge is 2.31. The van der Waals surface area contributed by atoms with E-state index in [9.17, 15) is 0 Å². The van der Waals surface area contributed by atoms with Crippen molar-refractivity contribution in [1.29, 1.82) is 0 Å². The molecule has 2 aliphatic rings. The fourth-order valence-corrected chi connectivity index (χ4v) is 3.23. The Balaban J connectivity index is 1.68. The number of piperidine rings is 1. The molecule has 2 fully saturated rings. The van der Waals surface area contributed by atoms with Crippen LogP contribution in [0.3, 0.4) is 0 Å². The van der Waals surface area contributed by atoms with Crippen molar-refractivity contribution < 1.29 is 0 Å². The van der Waals surface area contributed by atoms with E-state index < -0.39 is 0 Å². The van der Waals surface area contributed by atoms with Gasteiger partial charge in [0.15, 0.2) is 0 Å². The van der Waals surface area contributed by atoms with Gasteiger partial charge in [0.25, 0.3) is 0 Å². The second-order valence-electron chi connectivity index (χ2n) is 5.59. The molecule has 4 nitrogen and oxygen atoms in total. The molecule has 0 amide bonds. The first-order valence-corrected chi connectivity index (χ1v) is 6.95. The van der Waals surface area contributed by atoms with Crippen LogP contribution in [0.2, 0.25) is 0 Å². The average molecular weight is 246 g/mol. The Morgan fingerprint density at radius 1 is 1.39 bits per heavy atom. The van der Waals surface area contributed by atoms with Crippen molar-refractivity contribution in [2.45, 2.75) is 44.7 Å². The Morgan fingerprint density at radius 3 is 3.17 bits per heavy atom. The first kappa shape index (κ1) is 11.8. The minimum absolute atomic E-state index is 0.529. The van der Waals surface area contributed by atoms with Gasteiger partial charge < -0.3 is 16.0 Å². The smallest absolute Gasteiger partial charge is 0.149 e. The number of anilines is 2. The summed E-state index contributed by atoms with van der Waals surface area (Å²) in [6, 6.07) is 3.27. The standard InChI is InChI=1S/C14H22N4/c1-10-4-6-16-14(13(10)15)17-11-5-8-18-7-2-3-12(18)9-11/h4,6,11-12H,2-3,5,7-9,15H2,1H3,(H,16,17). The highest BCUT2D eigenvalue weighted by Crippen LogP contribution is 2.29. The molecule has 3 N–H and O–H groups in total. The lowest BCUT2D eigenvalue weighted by Gasteiger charge is -2.35. The Kier molecular flexibility index (Phi) is 3.12. The molecule has 1 aromatic rings. The van der Waals surface area contributed by atoms with Gasteiger partial charge in [0.1, 0.15) is 5.82 Å². The Morgan fingerprint density at radius 2 is 2.28 bits per heavy atom. The molecule has 18 heavy (non-hydrogen) atoms. The Labute approximate surface area is 109 Å². The molecule has 0 saturated carbocycles. The summed E-state index contributed by atoms with van der Waals surface area (Å²) in [7, 11) is 0. The molecule has 0 radical (unpaired) electrons. The predicted molar refractivity (Wildman–Crippen MR) is 74.6 cm³/mol. The van der Waals surface area contributed by atoms with Crippen LogP contribution in [0.1, 0.15) is 31.2 Å². The Bertz CT molecular complexity index is 432. The predicted octanol–water partition coefficient (Wildman–Crippen LogP) is 2.01. The third kappa shape index (κ3) is 2.17. The zero-order chi connectivity index (χ0) is 12.5. The molecule has 2 aliphatic heterocycles. The average Bonchev–Trinajstić information content (AvgIpc) is 2.82. The first-order chi connectivity index (χ1) is 8.74. The number of hydrogen-bond donors (Lipinski definition) is 2. The maximum absolute atomic E-state index is 6.07. The molecular formula is C14H22N4. The third-order valence-corrected chi connectivity index (χ3v) is 4.37. The lowest BCUT2D eigenvalue weighted by atomic mass is 9.97. The molecule has 0 spiro atoms. The molecule has 2 unspecified atom stereocenters. The monoisotopic (exact) mass is 246 g/mol. The highest BCUT2D eigenvalue weighted by atomic mass is 15.2. The number of rotatable bonds is 2. The van der Waals surface area contributed by atoms with Crippen LogP contribution in [0, 0.1) is 6.92 Å². The van der Waals surface area contributed by atoms with Gasteiger partial charge >= 0.3 is 0 Å². The second-order valence-corrected chi connectivity index (χ2v) is 5.59. The summed E-state index contributed by atoms with van der Waals surface area (Å²) in [6.45, 7) is 4.54. The van der Waals surface area contributed by atoms with E-state index >= 15 is 0 Å². The van der Waals surface area contributed by atoms with E-state index in [1.165, 1.54) is 38.8 Å². The fourth-order valence-electron chi connectivity index (χ4n) is 3.23. The summed E-state index contributed by atoms with van der Waals surface area (Å²) in [5, 5.41) is 3.54. The minimum Gasteiger partial charge on any atom is -0.396 e. The lowest BCUT2D eigenvalue weighted by Crippen LogP contribution is -2.42.